The van der Waals surface area contributed by atoms with Crippen molar-refractivity contribution in [2.75, 3.05) is 12.4 Å². The number of rotatable bonds is 6. The van der Waals surface area contributed by atoms with E-state index in [1.165, 1.54) is 6.42 Å². The Kier molecular flexibility index (Phi) is 7.41. The van der Waals surface area contributed by atoms with E-state index in [2.05, 4.69) is 38.3 Å². The lowest BCUT2D eigenvalue weighted by Crippen LogP contribution is -2.61. The molecule has 4 fully saturated rings. The lowest BCUT2D eigenvalue weighted by Gasteiger charge is -2.44. The van der Waals surface area contributed by atoms with Gasteiger partial charge < -0.3 is 25.0 Å². The van der Waals surface area contributed by atoms with Gasteiger partial charge in [-0.05, 0) is 60.8 Å². The van der Waals surface area contributed by atoms with Crippen LogP contribution in [0.25, 0.3) is 0 Å². The van der Waals surface area contributed by atoms with Crippen molar-refractivity contribution in [3.05, 3.63) is 36.4 Å². The van der Waals surface area contributed by atoms with Crippen molar-refractivity contribution in [3.63, 3.8) is 0 Å². The summed E-state index contributed by atoms with van der Waals surface area (Å²) in [4.78, 5) is 44.6. The van der Waals surface area contributed by atoms with Crippen molar-refractivity contribution in [1.29, 1.82) is 0 Å². The number of fused-ring (bicyclic) bond motifs is 1. The molecule has 6 rings (SSSR count). The van der Waals surface area contributed by atoms with Crippen LogP contribution in [0.2, 0.25) is 0 Å². The first kappa shape index (κ1) is 28.3. The molecule has 1 spiro atoms. The Hall–Kier alpha value is -2.87. The quantitative estimate of drug-likeness (QED) is 0.495. The number of carbonyl (C=O) groups excluding carboxylic acids is 3. The number of nitrogens with one attached hydrogen (secondary N) is 2. The van der Waals surface area contributed by atoms with Crippen LogP contribution in [0, 0.1) is 35.5 Å². The maximum absolute atomic E-state index is 14.5. The molecule has 11 atom stereocenters. The standard InChI is InChI=1S/C33H45N3O5/c1-18-8-6-10-24(20(18)3)35-31(38)29-33-17-16-26(41-33)27(30(37)34-22-12-14-23(40-5)15-13-22)28(33)32(39)36(29)25-11-7-9-19(2)21(25)4/h12-21,24-29H,6-11H2,1-5H3,(H,34,37)(H,35,38)/t18-,19-,20-,21-,24+,25+,26-,27+,28-,29-,33-/m0/s1. The van der Waals surface area contributed by atoms with Crippen LogP contribution in [-0.2, 0) is 19.1 Å². The van der Waals surface area contributed by atoms with Crippen molar-refractivity contribution in [1.82, 2.24) is 10.2 Å². The number of likely N-dealkylation sites (tertiary alicyclic amines) is 1. The molecular formula is C33H45N3O5. The lowest BCUT2D eigenvalue weighted by molar-refractivity contribution is -0.146. The average molecular weight is 564 g/mol. The molecule has 0 unspecified atom stereocenters. The molecular weight excluding hydrogens is 518 g/mol. The zero-order valence-electron chi connectivity index (χ0n) is 25.0. The van der Waals surface area contributed by atoms with E-state index >= 15 is 0 Å². The summed E-state index contributed by atoms with van der Waals surface area (Å²) in [6.45, 7) is 8.92. The molecule has 2 saturated heterocycles. The molecule has 3 aliphatic heterocycles. The van der Waals surface area contributed by atoms with E-state index in [9.17, 15) is 14.4 Å². The third-order valence-corrected chi connectivity index (χ3v) is 11.3. The van der Waals surface area contributed by atoms with E-state index in [0.717, 1.165) is 32.1 Å². The number of ether oxygens (including phenoxy) is 2. The first-order chi connectivity index (χ1) is 19.7. The minimum Gasteiger partial charge on any atom is -0.497 e. The van der Waals surface area contributed by atoms with E-state index in [0.29, 0.717) is 29.2 Å². The summed E-state index contributed by atoms with van der Waals surface area (Å²) < 4.78 is 11.8. The van der Waals surface area contributed by atoms with Crippen molar-refractivity contribution in [2.24, 2.45) is 35.5 Å². The minimum atomic E-state index is -1.14. The molecule has 0 aromatic heterocycles. The molecule has 8 nitrogen and oxygen atoms in total. The molecule has 2 aliphatic carbocycles. The number of hydrogen-bond acceptors (Lipinski definition) is 5. The number of amides is 3. The smallest absolute Gasteiger partial charge is 0.246 e. The predicted molar refractivity (Wildman–Crippen MR) is 156 cm³/mol. The second-order valence-electron chi connectivity index (χ2n) is 13.4. The zero-order valence-corrected chi connectivity index (χ0v) is 25.0. The van der Waals surface area contributed by atoms with Crippen LogP contribution in [0.1, 0.15) is 66.2 Å². The van der Waals surface area contributed by atoms with Crippen LogP contribution >= 0.6 is 0 Å². The van der Waals surface area contributed by atoms with E-state index in [1.807, 2.05) is 17.1 Å². The normalized spacial score (nSPS) is 41.3. The minimum absolute atomic E-state index is 0.0639. The van der Waals surface area contributed by atoms with Gasteiger partial charge in [-0.15, -0.1) is 0 Å². The second-order valence-corrected chi connectivity index (χ2v) is 13.4. The third kappa shape index (κ3) is 4.57. The van der Waals surface area contributed by atoms with Gasteiger partial charge in [-0.3, -0.25) is 14.4 Å². The number of nitrogens with zero attached hydrogens (tertiary/aromatic N) is 1. The Morgan fingerprint density at radius 2 is 1.63 bits per heavy atom. The average Bonchev–Trinajstić information content (AvgIpc) is 3.60. The van der Waals surface area contributed by atoms with Crippen LogP contribution in [0.15, 0.2) is 36.4 Å². The van der Waals surface area contributed by atoms with E-state index in [-0.39, 0.29) is 35.7 Å². The number of hydrogen-bond donors (Lipinski definition) is 2. The fourth-order valence-corrected chi connectivity index (χ4v) is 8.46. The largest absolute Gasteiger partial charge is 0.497 e. The highest BCUT2D eigenvalue weighted by atomic mass is 16.5. The molecule has 41 heavy (non-hydrogen) atoms. The number of anilines is 1. The van der Waals surface area contributed by atoms with E-state index in [4.69, 9.17) is 9.47 Å². The van der Waals surface area contributed by atoms with Gasteiger partial charge in [0.05, 0.1) is 25.0 Å². The molecule has 3 heterocycles. The SMILES string of the molecule is COc1ccc(NC(=O)[C@@H]2[C@@H]3C=C[C@]4(O3)[C@@H]2C(=O)N([C@@H]2CCC[C@H](C)[C@@H]2C)[C@H]4C(=O)N[C@@H]2CCC[C@H](C)[C@@H]2C)cc1. The van der Waals surface area contributed by atoms with Gasteiger partial charge in [-0.2, -0.15) is 0 Å². The molecule has 2 bridgehead atoms. The van der Waals surface area contributed by atoms with E-state index in [1.54, 1.807) is 31.4 Å². The van der Waals surface area contributed by atoms with Crippen molar-refractivity contribution >= 4 is 23.4 Å². The number of carbonyl (C=O) groups is 3. The Balaban J connectivity index is 1.33. The summed E-state index contributed by atoms with van der Waals surface area (Å²) in [5.74, 6) is 0.320. The van der Waals surface area contributed by atoms with Gasteiger partial charge in [0, 0.05) is 17.8 Å². The van der Waals surface area contributed by atoms with Gasteiger partial charge in [-0.1, -0.05) is 65.5 Å². The maximum atomic E-state index is 14.5. The molecule has 2 saturated carbocycles. The van der Waals surface area contributed by atoms with Crippen LogP contribution in [0.3, 0.4) is 0 Å². The third-order valence-electron chi connectivity index (χ3n) is 11.3. The highest BCUT2D eigenvalue weighted by Crippen LogP contribution is 2.57. The first-order valence-corrected chi connectivity index (χ1v) is 15.6. The molecule has 1 aromatic rings. The summed E-state index contributed by atoms with van der Waals surface area (Å²) in [6, 6.07) is 6.36. The maximum Gasteiger partial charge on any atom is 0.246 e. The van der Waals surface area contributed by atoms with Gasteiger partial charge in [0.15, 0.2) is 0 Å². The molecule has 2 N–H and O–H groups in total. The topological polar surface area (TPSA) is 97.0 Å². The highest BCUT2D eigenvalue weighted by molar-refractivity contribution is 6.03. The first-order valence-electron chi connectivity index (χ1n) is 15.6. The highest BCUT2D eigenvalue weighted by Gasteiger charge is 2.73. The van der Waals surface area contributed by atoms with Crippen molar-refractivity contribution in [3.8, 4) is 5.75 Å². The van der Waals surface area contributed by atoms with Crippen LogP contribution in [0.4, 0.5) is 5.69 Å². The monoisotopic (exact) mass is 563 g/mol. The number of benzene rings is 1. The Morgan fingerprint density at radius 3 is 2.34 bits per heavy atom. The lowest BCUT2D eigenvalue weighted by atomic mass is 9.73. The fourth-order valence-electron chi connectivity index (χ4n) is 8.46. The van der Waals surface area contributed by atoms with Gasteiger partial charge in [-0.25, -0.2) is 0 Å². The van der Waals surface area contributed by atoms with Gasteiger partial charge in [0.1, 0.15) is 17.4 Å². The molecule has 3 amide bonds. The summed E-state index contributed by atoms with van der Waals surface area (Å²) in [6.07, 6.45) is 9.46. The van der Waals surface area contributed by atoms with Crippen molar-refractivity contribution < 1.29 is 23.9 Å². The van der Waals surface area contributed by atoms with E-state index < -0.39 is 29.6 Å². The molecule has 5 aliphatic rings. The van der Waals surface area contributed by atoms with Gasteiger partial charge in [0.2, 0.25) is 17.7 Å². The van der Waals surface area contributed by atoms with Crippen LogP contribution < -0.4 is 15.4 Å². The summed E-state index contributed by atoms with van der Waals surface area (Å²) >= 11 is 0. The Morgan fingerprint density at radius 1 is 0.951 bits per heavy atom. The molecule has 8 heteroatoms. The predicted octanol–water partition coefficient (Wildman–Crippen LogP) is 4.55. The van der Waals surface area contributed by atoms with Gasteiger partial charge in [0.25, 0.3) is 0 Å². The number of methoxy groups -OCH3 is 1. The van der Waals surface area contributed by atoms with Crippen LogP contribution in [-0.4, -0.2) is 59.6 Å². The Bertz CT molecular complexity index is 1220. The van der Waals surface area contributed by atoms with Gasteiger partial charge >= 0.3 is 0 Å². The molecule has 1 aromatic carbocycles. The summed E-state index contributed by atoms with van der Waals surface area (Å²) in [5, 5.41) is 6.38. The van der Waals surface area contributed by atoms with Crippen molar-refractivity contribution in [2.45, 2.75) is 96.1 Å². The Labute approximate surface area is 243 Å². The zero-order chi connectivity index (χ0) is 29.1. The van der Waals surface area contributed by atoms with Crippen LogP contribution in [0.5, 0.6) is 5.75 Å². The fraction of sp³-hybridized carbons (Fsp3) is 0.667. The summed E-state index contributed by atoms with van der Waals surface area (Å²) in [5.41, 5.74) is -0.513. The second kappa shape index (κ2) is 10.8. The molecule has 0 radical (unpaired) electrons. The molecule has 222 valence electrons. The summed E-state index contributed by atoms with van der Waals surface area (Å²) in [7, 11) is 1.60.